The van der Waals surface area contributed by atoms with Crippen molar-refractivity contribution in [1.82, 2.24) is 5.32 Å². The van der Waals surface area contributed by atoms with Gasteiger partial charge in [-0.15, -0.1) is 0 Å². The third-order valence-electron chi connectivity index (χ3n) is 2.95. The molecule has 0 saturated heterocycles. The molecule has 0 unspecified atom stereocenters. The number of amides is 1. The molecule has 2 aromatic rings. The van der Waals surface area contributed by atoms with Gasteiger partial charge in [-0.05, 0) is 29.8 Å². The van der Waals surface area contributed by atoms with Crippen molar-refractivity contribution in [2.75, 3.05) is 11.9 Å². The molecule has 6 heteroatoms. The summed E-state index contributed by atoms with van der Waals surface area (Å²) in [6.45, 7) is 0.574. The van der Waals surface area contributed by atoms with E-state index in [0.717, 1.165) is 5.56 Å². The van der Waals surface area contributed by atoms with Gasteiger partial charge in [0, 0.05) is 17.3 Å². The fourth-order valence-electron chi connectivity index (χ4n) is 1.89. The molecule has 0 saturated carbocycles. The van der Waals surface area contributed by atoms with E-state index in [1.807, 2.05) is 18.2 Å². The van der Waals surface area contributed by atoms with Crippen LogP contribution < -0.4 is 10.6 Å². The number of aromatic carboxylic acids is 1. The number of benzene rings is 2. The second-order valence-corrected chi connectivity index (χ2v) is 5.04. The minimum Gasteiger partial charge on any atom is -0.478 e. The van der Waals surface area contributed by atoms with Gasteiger partial charge in [0.15, 0.2) is 0 Å². The SMILES string of the molecule is O=C(CNCc1ccccc1Cl)Nc1cccc(C(=O)O)c1. The molecule has 0 aromatic heterocycles. The van der Waals surface area contributed by atoms with Gasteiger partial charge in [-0.25, -0.2) is 4.79 Å². The fraction of sp³-hybridized carbons (Fsp3) is 0.125. The molecule has 0 atom stereocenters. The zero-order valence-corrected chi connectivity index (χ0v) is 12.4. The molecule has 0 heterocycles. The second-order valence-electron chi connectivity index (χ2n) is 4.63. The van der Waals surface area contributed by atoms with Crippen LogP contribution in [-0.4, -0.2) is 23.5 Å². The predicted molar refractivity (Wildman–Crippen MR) is 85.2 cm³/mol. The third-order valence-corrected chi connectivity index (χ3v) is 3.32. The molecule has 0 aliphatic carbocycles. The van der Waals surface area contributed by atoms with Crippen LogP contribution in [0.5, 0.6) is 0 Å². The van der Waals surface area contributed by atoms with Gasteiger partial charge in [0.1, 0.15) is 0 Å². The first-order valence-electron chi connectivity index (χ1n) is 6.63. The van der Waals surface area contributed by atoms with Gasteiger partial charge in [-0.3, -0.25) is 4.79 Å². The molecule has 2 rings (SSSR count). The second kappa shape index (κ2) is 7.59. The van der Waals surface area contributed by atoms with Crippen LogP contribution in [0.1, 0.15) is 15.9 Å². The Kier molecular flexibility index (Phi) is 5.52. The smallest absolute Gasteiger partial charge is 0.335 e. The lowest BCUT2D eigenvalue weighted by Crippen LogP contribution is -2.27. The summed E-state index contributed by atoms with van der Waals surface area (Å²) in [6, 6.07) is 13.5. The Labute approximate surface area is 132 Å². The first-order chi connectivity index (χ1) is 10.6. The molecular weight excluding hydrogens is 304 g/mol. The number of carbonyl (C=O) groups is 2. The van der Waals surface area contributed by atoms with Crippen LogP contribution >= 0.6 is 11.6 Å². The van der Waals surface area contributed by atoms with Crippen LogP contribution in [0.15, 0.2) is 48.5 Å². The lowest BCUT2D eigenvalue weighted by Gasteiger charge is -2.08. The minimum atomic E-state index is -1.03. The molecule has 1 amide bonds. The van der Waals surface area contributed by atoms with Gasteiger partial charge in [-0.2, -0.15) is 0 Å². The van der Waals surface area contributed by atoms with Crippen LogP contribution in [-0.2, 0) is 11.3 Å². The highest BCUT2D eigenvalue weighted by atomic mass is 35.5. The van der Waals surface area contributed by atoms with Crippen LogP contribution in [0.25, 0.3) is 0 Å². The number of carbonyl (C=O) groups excluding carboxylic acids is 1. The normalized spacial score (nSPS) is 10.2. The Hall–Kier alpha value is -2.37. The summed E-state index contributed by atoms with van der Waals surface area (Å²) in [4.78, 5) is 22.7. The number of hydrogen-bond acceptors (Lipinski definition) is 3. The first kappa shape index (κ1) is 16.0. The van der Waals surface area contributed by atoms with Crippen molar-refractivity contribution in [1.29, 1.82) is 0 Å². The van der Waals surface area contributed by atoms with Crippen molar-refractivity contribution in [3.8, 4) is 0 Å². The van der Waals surface area contributed by atoms with Crippen LogP contribution in [0.2, 0.25) is 5.02 Å². The van der Waals surface area contributed by atoms with Crippen molar-refractivity contribution in [3.63, 3.8) is 0 Å². The molecule has 0 spiro atoms. The Balaban J connectivity index is 1.84. The van der Waals surface area contributed by atoms with Crippen LogP contribution in [0.4, 0.5) is 5.69 Å². The largest absolute Gasteiger partial charge is 0.478 e. The molecular formula is C16H15ClN2O3. The van der Waals surface area contributed by atoms with Crippen LogP contribution in [0, 0.1) is 0 Å². The summed E-state index contributed by atoms with van der Waals surface area (Å²) >= 11 is 6.02. The van der Waals surface area contributed by atoms with Crippen molar-refractivity contribution < 1.29 is 14.7 Å². The molecule has 3 N–H and O–H groups in total. The maximum atomic E-state index is 11.8. The summed E-state index contributed by atoms with van der Waals surface area (Å²) in [5.41, 5.74) is 1.48. The van der Waals surface area contributed by atoms with E-state index in [4.69, 9.17) is 16.7 Å². The lowest BCUT2D eigenvalue weighted by atomic mass is 10.2. The van der Waals surface area contributed by atoms with Gasteiger partial charge in [0.05, 0.1) is 12.1 Å². The Morgan fingerprint density at radius 2 is 1.86 bits per heavy atom. The molecule has 0 radical (unpaired) electrons. The highest BCUT2D eigenvalue weighted by Gasteiger charge is 2.06. The molecule has 0 bridgehead atoms. The summed E-state index contributed by atoms with van der Waals surface area (Å²) in [6.07, 6.45) is 0. The van der Waals surface area contributed by atoms with E-state index in [-0.39, 0.29) is 18.0 Å². The number of anilines is 1. The quantitative estimate of drug-likeness (QED) is 0.765. The molecule has 2 aromatic carbocycles. The Morgan fingerprint density at radius 1 is 1.09 bits per heavy atom. The number of hydrogen-bond donors (Lipinski definition) is 3. The van der Waals surface area contributed by atoms with Crippen molar-refractivity contribution in [3.05, 3.63) is 64.7 Å². The number of carboxylic acid groups (broad SMARTS) is 1. The third kappa shape index (κ3) is 4.58. The Bertz CT molecular complexity index is 689. The molecule has 0 fully saturated rings. The van der Waals surface area contributed by atoms with Gasteiger partial charge in [-0.1, -0.05) is 35.9 Å². The van der Waals surface area contributed by atoms with E-state index in [2.05, 4.69) is 10.6 Å². The number of carboxylic acids is 1. The van der Waals surface area contributed by atoms with Gasteiger partial charge < -0.3 is 15.7 Å². The van der Waals surface area contributed by atoms with Crippen molar-refractivity contribution in [2.24, 2.45) is 0 Å². The standard InChI is InChI=1S/C16H15ClN2O3/c17-14-7-2-1-4-12(14)9-18-10-15(20)19-13-6-3-5-11(8-13)16(21)22/h1-8,18H,9-10H2,(H,19,20)(H,21,22). The monoisotopic (exact) mass is 318 g/mol. The molecule has 5 nitrogen and oxygen atoms in total. The topological polar surface area (TPSA) is 78.4 Å². The maximum absolute atomic E-state index is 11.8. The number of nitrogens with one attached hydrogen (secondary N) is 2. The predicted octanol–water partition coefficient (Wildman–Crippen LogP) is 2.77. The fourth-order valence-corrected chi connectivity index (χ4v) is 2.09. The van der Waals surface area contributed by atoms with Crippen molar-refractivity contribution >= 4 is 29.2 Å². The van der Waals surface area contributed by atoms with E-state index in [0.29, 0.717) is 17.3 Å². The van der Waals surface area contributed by atoms with Crippen LogP contribution in [0.3, 0.4) is 0 Å². The number of rotatable bonds is 6. The van der Waals surface area contributed by atoms with E-state index in [9.17, 15) is 9.59 Å². The summed E-state index contributed by atoms with van der Waals surface area (Å²) in [5, 5.41) is 15.2. The maximum Gasteiger partial charge on any atom is 0.335 e. The van der Waals surface area contributed by atoms with Gasteiger partial charge in [0.25, 0.3) is 0 Å². The van der Waals surface area contributed by atoms with E-state index >= 15 is 0 Å². The molecule has 114 valence electrons. The van der Waals surface area contributed by atoms with Gasteiger partial charge >= 0.3 is 5.97 Å². The van der Waals surface area contributed by atoms with E-state index in [1.165, 1.54) is 12.1 Å². The first-order valence-corrected chi connectivity index (χ1v) is 7.01. The molecule has 22 heavy (non-hydrogen) atoms. The average Bonchev–Trinajstić information content (AvgIpc) is 2.49. The highest BCUT2D eigenvalue weighted by Crippen LogP contribution is 2.14. The lowest BCUT2D eigenvalue weighted by molar-refractivity contribution is -0.115. The summed E-state index contributed by atoms with van der Waals surface area (Å²) in [7, 11) is 0. The zero-order valence-electron chi connectivity index (χ0n) is 11.7. The summed E-state index contributed by atoms with van der Waals surface area (Å²) < 4.78 is 0. The minimum absolute atomic E-state index is 0.0997. The highest BCUT2D eigenvalue weighted by molar-refractivity contribution is 6.31. The molecule has 0 aliphatic rings. The molecule has 0 aliphatic heterocycles. The van der Waals surface area contributed by atoms with E-state index < -0.39 is 5.97 Å². The van der Waals surface area contributed by atoms with E-state index in [1.54, 1.807) is 18.2 Å². The zero-order chi connectivity index (χ0) is 15.9. The number of halogens is 1. The van der Waals surface area contributed by atoms with Gasteiger partial charge in [0.2, 0.25) is 5.91 Å². The summed E-state index contributed by atoms with van der Waals surface area (Å²) in [5.74, 6) is -1.29. The average molecular weight is 319 g/mol. The van der Waals surface area contributed by atoms with Crippen molar-refractivity contribution in [2.45, 2.75) is 6.54 Å². The Morgan fingerprint density at radius 3 is 2.59 bits per heavy atom.